The number of fused-ring (bicyclic) bond motifs is 1. The molecule has 0 unspecified atom stereocenters. The fourth-order valence-electron chi connectivity index (χ4n) is 2.95. The number of aryl methyl sites for hydroxylation is 2. The minimum Gasteiger partial charge on any atom is -0.280 e. The van der Waals surface area contributed by atoms with Crippen LogP contribution in [0.15, 0.2) is 65.6 Å². The van der Waals surface area contributed by atoms with E-state index >= 15 is 0 Å². The number of aromatic nitrogens is 1. The predicted octanol–water partition coefficient (Wildman–Crippen LogP) is 6.03. The monoisotopic (exact) mass is 428 g/mol. The lowest BCUT2D eigenvalue weighted by atomic mass is 10.2. The summed E-state index contributed by atoms with van der Waals surface area (Å²) >= 11 is 7.62. The highest BCUT2D eigenvalue weighted by atomic mass is 35.5. The van der Waals surface area contributed by atoms with Crippen LogP contribution in [0, 0.1) is 13.8 Å². The first-order valence-electron chi connectivity index (χ1n) is 8.59. The molecule has 0 atom stereocenters. The Hall–Kier alpha value is -2.41. The molecule has 4 nitrogen and oxygen atoms in total. The molecule has 4 aromatic rings. The third-order valence-electron chi connectivity index (χ3n) is 4.41. The normalized spacial score (nSPS) is 11.7. The first-order chi connectivity index (χ1) is 13.3. The summed E-state index contributed by atoms with van der Waals surface area (Å²) in [6.45, 7) is 3.52. The van der Waals surface area contributed by atoms with Gasteiger partial charge in [0.15, 0.2) is 0 Å². The van der Waals surface area contributed by atoms with E-state index in [0.717, 1.165) is 26.4 Å². The van der Waals surface area contributed by atoms with Crippen LogP contribution in [-0.2, 0) is 10.0 Å². The number of benzene rings is 3. The van der Waals surface area contributed by atoms with E-state index in [1.165, 1.54) is 11.3 Å². The number of hydrogen-bond donors (Lipinski definition) is 1. The SMILES string of the molecule is Cc1cc(S(=O)(=O)Nc2ccc3nc(-c4ccccc4)sc3c2)c(C)cc1Cl. The van der Waals surface area contributed by atoms with Gasteiger partial charge in [0, 0.05) is 10.6 Å². The molecular formula is C21H17ClN2O2S2. The highest BCUT2D eigenvalue weighted by Gasteiger charge is 2.19. The van der Waals surface area contributed by atoms with Gasteiger partial charge in [-0.2, -0.15) is 0 Å². The minimum atomic E-state index is -3.72. The second-order valence-electron chi connectivity index (χ2n) is 6.54. The van der Waals surface area contributed by atoms with E-state index in [0.29, 0.717) is 16.3 Å². The lowest BCUT2D eigenvalue weighted by Gasteiger charge is -2.12. The predicted molar refractivity (Wildman–Crippen MR) is 117 cm³/mol. The smallest absolute Gasteiger partial charge is 0.262 e. The van der Waals surface area contributed by atoms with Crippen LogP contribution in [0.3, 0.4) is 0 Å². The van der Waals surface area contributed by atoms with Crippen molar-refractivity contribution in [2.24, 2.45) is 0 Å². The zero-order chi connectivity index (χ0) is 19.9. The van der Waals surface area contributed by atoms with E-state index in [9.17, 15) is 8.42 Å². The van der Waals surface area contributed by atoms with Gasteiger partial charge in [-0.05, 0) is 55.3 Å². The van der Waals surface area contributed by atoms with Gasteiger partial charge in [-0.1, -0.05) is 41.9 Å². The number of nitrogens with one attached hydrogen (secondary N) is 1. The summed E-state index contributed by atoms with van der Waals surface area (Å²) in [5.41, 5.74) is 3.71. The maximum Gasteiger partial charge on any atom is 0.262 e. The van der Waals surface area contributed by atoms with Gasteiger partial charge in [-0.3, -0.25) is 4.72 Å². The van der Waals surface area contributed by atoms with E-state index in [2.05, 4.69) is 9.71 Å². The maximum absolute atomic E-state index is 12.9. The summed E-state index contributed by atoms with van der Waals surface area (Å²) in [5, 5.41) is 1.45. The molecule has 7 heteroatoms. The molecule has 0 fully saturated rings. The van der Waals surface area contributed by atoms with Crippen LogP contribution in [0.25, 0.3) is 20.8 Å². The van der Waals surface area contributed by atoms with E-state index in [1.54, 1.807) is 32.0 Å². The molecular weight excluding hydrogens is 412 g/mol. The molecule has 0 aliphatic rings. The molecule has 0 spiro atoms. The molecule has 0 aliphatic heterocycles. The summed E-state index contributed by atoms with van der Waals surface area (Å²) in [4.78, 5) is 4.87. The van der Waals surface area contributed by atoms with Gasteiger partial charge in [0.2, 0.25) is 0 Å². The Kier molecular flexibility index (Phi) is 4.87. The first-order valence-corrected chi connectivity index (χ1v) is 11.3. The Bertz CT molecular complexity index is 1280. The Morgan fingerprint density at radius 2 is 1.71 bits per heavy atom. The number of rotatable bonds is 4. The average Bonchev–Trinajstić information content (AvgIpc) is 3.08. The van der Waals surface area contributed by atoms with Gasteiger partial charge in [0.05, 0.1) is 20.8 Å². The lowest BCUT2D eigenvalue weighted by molar-refractivity contribution is 0.600. The fourth-order valence-corrected chi connectivity index (χ4v) is 5.54. The van der Waals surface area contributed by atoms with Crippen LogP contribution in [0.1, 0.15) is 11.1 Å². The van der Waals surface area contributed by atoms with Crippen molar-refractivity contribution in [3.8, 4) is 10.6 Å². The van der Waals surface area contributed by atoms with E-state index < -0.39 is 10.0 Å². The molecule has 4 rings (SSSR count). The molecule has 0 radical (unpaired) electrons. The van der Waals surface area contributed by atoms with Gasteiger partial charge in [-0.15, -0.1) is 11.3 Å². The molecule has 3 aromatic carbocycles. The van der Waals surface area contributed by atoms with Crippen LogP contribution < -0.4 is 4.72 Å². The van der Waals surface area contributed by atoms with Crippen molar-refractivity contribution in [3.63, 3.8) is 0 Å². The Morgan fingerprint density at radius 1 is 0.964 bits per heavy atom. The number of nitrogens with zero attached hydrogens (tertiary/aromatic N) is 1. The molecule has 0 saturated carbocycles. The van der Waals surface area contributed by atoms with Crippen molar-refractivity contribution >= 4 is 48.9 Å². The third-order valence-corrected chi connectivity index (χ3v) is 7.40. The van der Waals surface area contributed by atoms with Gasteiger partial charge < -0.3 is 0 Å². The summed E-state index contributed by atoms with van der Waals surface area (Å²) in [5.74, 6) is 0. The molecule has 28 heavy (non-hydrogen) atoms. The third kappa shape index (κ3) is 3.63. The standard InChI is InChI=1S/C21H17ClN2O2S2/c1-13-11-20(14(2)10-17(13)22)28(25,26)24-16-8-9-18-19(12-16)27-21(23-18)15-6-4-3-5-7-15/h3-12,24H,1-2H3. The molecule has 0 saturated heterocycles. The van der Waals surface area contributed by atoms with Crippen molar-refractivity contribution < 1.29 is 8.42 Å². The van der Waals surface area contributed by atoms with Gasteiger partial charge in [-0.25, -0.2) is 13.4 Å². The van der Waals surface area contributed by atoms with Gasteiger partial charge in [0.25, 0.3) is 10.0 Å². The van der Waals surface area contributed by atoms with E-state index in [1.807, 2.05) is 42.5 Å². The number of anilines is 1. The lowest BCUT2D eigenvalue weighted by Crippen LogP contribution is -2.14. The topological polar surface area (TPSA) is 59.1 Å². The Morgan fingerprint density at radius 3 is 2.46 bits per heavy atom. The molecule has 1 N–H and O–H groups in total. The Balaban J connectivity index is 1.69. The van der Waals surface area contributed by atoms with Crippen molar-refractivity contribution in [3.05, 3.63) is 76.8 Å². The molecule has 0 bridgehead atoms. The highest BCUT2D eigenvalue weighted by Crippen LogP contribution is 2.32. The van der Waals surface area contributed by atoms with Crippen LogP contribution >= 0.6 is 22.9 Å². The molecule has 0 aliphatic carbocycles. The number of thiazole rings is 1. The van der Waals surface area contributed by atoms with Crippen LogP contribution in [-0.4, -0.2) is 13.4 Å². The quantitative estimate of drug-likeness (QED) is 0.431. The minimum absolute atomic E-state index is 0.226. The molecule has 142 valence electrons. The van der Waals surface area contributed by atoms with Crippen LogP contribution in [0.5, 0.6) is 0 Å². The fraction of sp³-hybridized carbons (Fsp3) is 0.0952. The van der Waals surface area contributed by atoms with Crippen molar-refractivity contribution in [1.82, 2.24) is 4.98 Å². The molecule has 1 heterocycles. The van der Waals surface area contributed by atoms with E-state index in [-0.39, 0.29) is 4.90 Å². The zero-order valence-corrected chi connectivity index (χ0v) is 17.6. The molecule has 0 amide bonds. The largest absolute Gasteiger partial charge is 0.280 e. The van der Waals surface area contributed by atoms with Crippen molar-refractivity contribution in [2.75, 3.05) is 4.72 Å². The van der Waals surface area contributed by atoms with Gasteiger partial charge >= 0.3 is 0 Å². The first kappa shape index (κ1) is 18.9. The highest BCUT2D eigenvalue weighted by molar-refractivity contribution is 7.92. The van der Waals surface area contributed by atoms with Gasteiger partial charge in [0.1, 0.15) is 5.01 Å². The summed E-state index contributed by atoms with van der Waals surface area (Å²) in [6.07, 6.45) is 0. The second-order valence-corrected chi connectivity index (χ2v) is 9.63. The summed E-state index contributed by atoms with van der Waals surface area (Å²) < 4.78 is 29.4. The van der Waals surface area contributed by atoms with Crippen LogP contribution in [0.2, 0.25) is 5.02 Å². The zero-order valence-electron chi connectivity index (χ0n) is 15.2. The van der Waals surface area contributed by atoms with Crippen molar-refractivity contribution in [1.29, 1.82) is 0 Å². The average molecular weight is 429 g/mol. The summed E-state index contributed by atoms with van der Waals surface area (Å²) in [7, 11) is -3.72. The second kappa shape index (κ2) is 7.20. The number of sulfonamides is 1. The molecule has 1 aromatic heterocycles. The maximum atomic E-state index is 12.9. The Labute approximate surface area is 172 Å². The van der Waals surface area contributed by atoms with E-state index in [4.69, 9.17) is 11.6 Å². The summed E-state index contributed by atoms with van der Waals surface area (Å²) in [6, 6.07) is 18.6. The number of halogens is 1. The van der Waals surface area contributed by atoms with Crippen molar-refractivity contribution in [2.45, 2.75) is 18.7 Å². The number of hydrogen-bond acceptors (Lipinski definition) is 4. The van der Waals surface area contributed by atoms with Crippen LogP contribution in [0.4, 0.5) is 5.69 Å².